The molecule has 0 radical (unpaired) electrons. The van der Waals surface area contributed by atoms with E-state index in [9.17, 15) is 0 Å². The molecule has 0 aliphatic carbocycles. The summed E-state index contributed by atoms with van der Waals surface area (Å²) < 4.78 is 0. The van der Waals surface area contributed by atoms with Crippen molar-refractivity contribution >= 4 is 0 Å². The first-order valence-corrected chi connectivity index (χ1v) is 1.71. The average molecular weight is 94.1 g/mol. The highest BCUT2D eigenvalue weighted by Crippen LogP contribution is 1.71. The molecule has 0 aromatic carbocycles. The third-order valence-corrected chi connectivity index (χ3v) is 0.421. The summed E-state index contributed by atoms with van der Waals surface area (Å²) in [6.07, 6.45) is -0.954. The van der Waals surface area contributed by atoms with Crippen molar-refractivity contribution in [2.24, 2.45) is 0 Å². The Morgan fingerprint density at radius 1 is 1.33 bits per heavy atom. The van der Waals surface area contributed by atoms with Crippen LogP contribution in [0, 0.1) is 0 Å². The van der Waals surface area contributed by atoms with Gasteiger partial charge in [0, 0.05) is 0 Å². The monoisotopic (exact) mass is 94.1 g/mol. The standard InChI is InChI=1S/C3H8O3/c4-1-3(6)2-5/h3-6H,1-2H2/p+2. The lowest BCUT2D eigenvalue weighted by atomic mass is 10.4. The van der Waals surface area contributed by atoms with Crippen molar-refractivity contribution in [3.8, 4) is 0 Å². The zero-order valence-electron chi connectivity index (χ0n) is 5.33. The molecular formula is C3H10O3+2. The third-order valence-electron chi connectivity index (χ3n) is 0.421. The fraction of sp³-hybridized carbons (Fsp3) is 1.00. The predicted octanol–water partition coefficient (Wildman–Crippen LogP) is -1.44. The molecule has 3 N–H and O–H groups in total. The van der Waals surface area contributed by atoms with Gasteiger partial charge in [0.15, 0.2) is 0 Å². The highest BCUT2D eigenvalue weighted by atomic mass is 16.3. The van der Waals surface area contributed by atoms with Crippen LogP contribution in [0.2, 0.25) is 0 Å². The van der Waals surface area contributed by atoms with Crippen molar-refractivity contribution in [2.75, 3.05) is 13.2 Å². The molecule has 0 unspecified atom stereocenters. The summed E-state index contributed by atoms with van der Waals surface area (Å²) in [5, 5.41) is 24.0. The molecule has 0 rings (SSSR count). The lowest BCUT2D eigenvalue weighted by Crippen LogP contribution is -2.15. The Kier molecular flexibility index (Phi) is 3.02. The minimum Gasteiger partial charge on any atom is -0.394 e. The molecule has 3 nitrogen and oxygen atoms in total. The molecule has 6 heavy (non-hydrogen) atoms. The van der Waals surface area contributed by atoms with Gasteiger partial charge in [-0.15, -0.1) is 0 Å². The first kappa shape index (κ1) is 5.88. The van der Waals surface area contributed by atoms with Crippen LogP contribution in [0.4, 0.5) is 0 Å². The zero-order valence-corrected chi connectivity index (χ0v) is 3.33. The number of hydrogen-bond donors (Lipinski definition) is 3. The fourth-order valence-corrected chi connectivity index (χ4v) is 0.0577. The van der Waals surface area contributed by atoms with E-state index in [2.05, 4.69) is 0 Å². The molecule has 0 aliphatic rings. The molecule has 38 valence electrons. The molecule has 0 heterocycles. The lowest BCUT2D eigenvalue weighted by molar-refractivity contribution is 0.0450. The topological polar surface area (TPSA) is 60.7 Å². The molecule has 0 spiro atoms. The largest absolute Gasteiger partial charge is 1.00 e. The van der Waals surface area contributed by atoms with E-state index < -0.39 is 6.10 Å². The van der Waals surface area contributed by atoms with Crippen molar-refractivity contribution in [2.45, 2.75) is 6.10 Å². The maximum Gasteiger partial charge on any atom is 1.00 e. The summed E-state index contributed by atoms with van der Waals surface area (Å²) in [7, 11) is 0. The van der Waals surface area contributed by atoms with Crippen LogP contribution in [0.1, 0.15) is 2.85 Å². The Bertz CT molecular complexity index is 31.7. The molecule has 3 heteroatoms. The van der Waals surface area contributed by atoms with E-state index in [4.69, 9.17) is 15.3 Å². The van der Waals surface area contributed by atoms with E-state index in [0.29, 0.717) is 0 Å². The van der Waals surface area contributed by atoms with Gasteiger partial charge in [0.05, 0.1) is 13.2 Å². The van der Waals surface area contributed by atoms with Gasteiger partial charge in [-0.05, 0) is 0 Å². The molecule has 0 aromatic heterocycles. The van der Waals surface area contributed by atoms with Gasteiger partial charge in [0.2, 0.25) is 0 Å². The van der Waals surface area contributed by atoms with Crippen molar-refractivity contribution in [1.29, 1.82) is 0 Å². The van der Waals surface area contributed by atoms with Crippen LogP contribution in [0.5, 0.6) is 0 Å². The summed E-state index contributed by atoms with van der Waals surface area (Å²) >= 11 is 0. The van der Waals surface area contributed by atoms with Crippen molar-refractivity contribution < 1.29 is 18.2 Å². The summed E-state index contributed by atoms with van der Waals surface area (Å²) in [6, 6.07) is 0. The SMILES string of the molecule is OCC(O)CO.[H+].[H+]. The zero-order chi connectivity index (χ0) is 4.99. The molecule has 0 saturated carbocycles. The maximum absolute atomic E-state index is 8.17. The molecule has 0 aliphatic heterocycles. The van der Waals surface area contributed by atoms with E-state index in [1.165, 1.54) is 0 Å². The van der Waals surface area contributed by atoms with Crippen LogP contribution >= 0.6 is 0 Å². The summed E-state index contributed by atoms with van der Waals surface area (Å²) in [6.45, 7) is -0.729. The highest BCUT2D eigenvalue weighted by Gasteiger charge is 1.93. The third kappa shape index (κ3) is 2.14. The molecule has 0 amide bonds. The second-order valence-corrected chi connectivity index (χ2v) is 1.02. The summed E-state index contributed by atoms with van der Waals surface area (Å²) in [5.41, 5.74) is 0. The van der Waals surface area contributed by atoms with Crippen LogP contribution < -0.4 is 0 Å². The predicted molar refractivity (Wildman–Crippen MR) is 22.4 cm³/mol. The first-order chi connectivity index (χ1) is 2.81. The maximum atomic E-state index is 8.17. The minimum absolute atomic E-state index is 0. The average Bonchev–Trinajstić information content (AvgIpc) is 1.65. The summed E-state index contributed by atoms with van der Waals surface area (Å²) in [5.74, 6) is 0. The Balaban J connectivity index is -0.000000125. The van der Waals surface area contributed by atoms with Crippen molar-refractivity contribution in [1.82, 2.24) is 0 Å². The van der Waals surface area contributed by atoms with Crippen molar-refractivity contribution in [3.05, 3.63) is 0 Å². The van der Waals surface area contributed by atoms with E-state index in [1.54, 1.807) is 0 Å². The molecule has 0 aromatic rings. The quantitative estimate of drug-likeness (QED) is 0.392. The first-order valence-electron chi connectivity index (χ1n) is 1.71. The van der Waals surface area contributed by atoms with Crippen LogP contribution in [0.15, 0.2) is 0 Å². The van der Waals surface area contributed by atoms with Crippen LogP contribution in [-0.4, -0.2) is 34.6 Å². The number of hydrogen-bond acceptors (Lipinski definition) is 3. The van der Waals surface area contributed by atoms with E-state index in [0.717, 1.165) is 0 Å². The van der Waals surface area contributed by atoms with Gasteiger partial charge < -0.3 is 15.3 Å². The Labute approximate surface area is 38.8 Å². The van der Waals surface area contributed by atoms with Gasteiger partial charge in [0.25, 0.3) is 0 Å². The van der Waals surface area contributed by atoms with Gasteiger partial charge in [0.1, 0.15) is 6.10 Å². The van der Waals surface area contributed by atoms with E-state index in [1.807, 2.05) is 0 Å². The van der Waals surface area contributed by atoms with Gasteiger partial charge in [-0.3, -0.25) is 0 Å². The van der Waals surface area contributed by atoms with E-state index in [-0.39, 0.29) is 16.1 Å². The molecule has 0 bridgehead atoms. The normalized spacial score (nSPS) is 10.0. The molecule has 0 atom stereocenters. The highest BCUT2D eigenvalue weighted by molar-refractivity contribution is 4.43. The van der Waals surface area contributed by atoms with Crippen LogP contribution in [0.3, 0.4) is 0 Å². The second-order valence-electron chi connectivity index (χ2n) is 1.02. The van der Waals surface area contributed by atoms with Crippen LogP contribution in [0.25, 0.3) is 0 Å². The molecular weight excluding hydrogens is 84.0 g/mol. The van der Waals surface area contributed by atoms with Crippen LogP contribution in [-0.2, 0) is 0 Å². The van der Waals surface area contributed by atoms with Gasteiger partial charge in [-0.2, -0.15) is 0 Å². The van der Waals surface area contributed by atoms with Gasteiger partial charge >= 0.3 is 2.85 Å². The van der Waals surface area contributed by atoms with Gasteiger partial charge in [-0.25, -0.2) is 0 Å². The Morgan fingerprint density at radius 3 is 1.67 bits per heavy atom. The van der Waals surface area contributed by atoms with Crippen molar-refractivity contribution in [3.63, 3.8) is 0 Å². The summed E-state index contributed by atoms with van der Waals surface area (Å²) in [4.78, 5) is 0. The number of aliphatic hydroxyl groups is 3. The van der Waals surface area contributed by atoms with Gasteiger partial charge in [-0.1, -0.05) is 0 Å². The second kappa shape index (κ2) is 3.08. The molecule has 0 fully saturated rings. The Hall–Kier alpha value is -0.120. The lowest BCUT2D eigenvalue weighted by Gasteiger charge is -1.96. The molecule has 0 saturated heterocycles. The smallest absolute Gasteiger partial charge is 0.394 e. The minimum atomic E-state index is -0.954. The number of aliphatic hydroxyl groups excluding tert-OH is 3. The van der Waals surface area contributed by atoms with E-state index >= 15 is 0 Å². The Morgan fingerprint density at radius 2 is 1.67 bits per heavy atom. The number of rotatable bonds is 2. The fourth-order valence-electron chi connectivity index (χ4n) is 0.0577.